The molecule has 2 heterocycles. The molecule has 2 aromatic heterocycles. The minimum atomic E-state index is -0.0567. The molecular weight excluding hydrogens is 342 g/mol. The summed E-state index contributed by atoms with van der Waals surface area (Å²) in [5.74, 6) is 1.22. The fraction of sp³-hybridized carbons (Fsp3) is 0.588. The Kier molecular flexibility index (Phi) is 5.94. The fourth-order valence-corrected chi connectivity index (χ4v) is 4.73. The van der Waals surface area contributed by atoms with Gasteiger partial charge in [-0.3, -0.25) is 14.0 Å². The van der Waals surface area contributed by atoms with Crippen LogP contribution < -0.4 is 5.56 Å². The van der Waals surface area contributed by atoms with Gasteiger partial charge in [0.2, 0.25) is 5.91 Å². The Morgan fingerprint density at radius 1 is 1.38 bits per heavy atom. The number of thioether (sulfide) groups is 1. The Balaban J connectivity index is 1.52. The van der Waals surface area contributed by atoms with Crippen molar-refractivity contribution in [1.82, 2.24) is 14.3 Å². The number of thiazole rings is 1. The molecule has 1 amide bonds. The number of rotatable bonds is 5. The number of nitrogens with zero attached hydrogens (tertiary/aromatic N) is 3. The van der Waals surface area contributed by atoms with Crippen LogP contribution in [0.1, 0.15) is 44.2 Å². The molecule has 24 heavy (non-hydrogen) atoms. The first-order valence-electron chi connectivity index (χ1n) is 8.44. The lowest BCUT2D eigenvalue weighted by Gasteiger charge is -2.27. The van der Waals surface area contributed by atoms with E-state index in [1.807, 2.05) is 17.3 Å². The summed E-state index contributed by atoms with van der Waals surface area (Å²) >= 11 is 2.98. The number of fused-ring (bicyclic) bond motifs is 1. The van der Waals surface area contributed by atoms with Crippen LogP contribution in [0, 0.1) is 0 Å². The minimum absolute atomic E-state index is 0.0567. The predicted molar refractivity (Wildman–Crippen MR) is 99.8 cm³/mol. The highest BCUT2D eigenvalue weighted by atomic mass is 32.2. The minimum Gasteiger partial charge on any atom is -0.342 e. The smallest absolute Gasteiger partial charge is 0.258 e. The van der Waals surface area contributed by atoms with Gasteiger partial charge in [0.15, 0.2) is 4.96 Å². The van der Waals surface area contributed by atoms with E-state index in [9.17, 15) is 9.59 Å². The van der Waals surface area contributed by atoms with Crippen LogP contribution in [0.4, 0.5) is 0 Å². The zero-order chi connectivity index (χ0) is 16.9. The Hall–Kier alpha value is -1.34. The van der Waals surface area contributed by atoms with Crippen LogP contribution in [0.5, 0.6) is 0 Å². The summed E-state index contributed by atoms with van der Waals surface area (Å²) in [7, 11) is 1.93. The van der Waals surface area contributed by atoms with Gasteiger partial charge >= 0.3 is 0 Å². The van der Waals surface area contributed by atoms with Gasteiger partial charge in [0.25, 0.3) is 5.56 Å². The Bertz CT molecular complexity index is 748. The molecule has 1 fully saturated rings. The van der Waals surface area contributed by atoms with Crippen molar-refractivity contribution in [3.63, 3.8) is 0 Å². The van der Waals surface area contributed by atoms with Crippen molar-refractivity contribution in [2.75, 3.05) is 12.8 Å². The van der Waals surface area contributed by atoms with E-state index >= 15 is 0 Å². The van der Waals surface area contributed by atoms with Crippen LogP contribution in [0.3, 0.4) is 0 Å². The molecule has 0 aliphatic heterocycles. The van der Waals surface area contributed by atoms with Gasteiger partial charge in [-0.05, 0) is 12.8 Å². The molecule has 3 rings (SSSR count). The molecular formula is C17H23N3O2S2. The maximum Gasteiger partial charge on any atom is 0.258 e. The maximum atomic E-state index is 12.4. The van der Waals surface area contributed by atoms with Crippen molar-refractivity contribution < 1.29 is 4.79 Å². The number of hydrogen-bond donors (Lipinski definition) is 0. The first-order valence-corrected chi connectivity index (χ1v) is 10.5. The standard InChI is InChI=1S/C17H23N3O2S2/c1-19(14-6-4-2-3-5-7-14)16(22)12-23-11-13-10-15(21)20-8-9-24-17(20)18-13/h8-10,14H,2-7,11-12H2,1H3. The van der Waals surface area contributed by atoms with Crippen LogP contribution in [0.25, 0.3) is 4.96 Å². The maximum absolute atomic E-state index is 12.4. The summed E-state index contributed by atoms with van der Waals surface area (Å²) in [6, 6.07) is 1.96. The Morgan fingerprint density at radius 2 is 2.12 bits per heavy atom. The molecule has 0 radical (unpaired) electrons. The van der Waals surface area contributed by atoms with Crippen LogP contribution in [-0.2, 0) is 10.5 Å². The highest BCUT2D eigenvalue weighted by molar-refractivity contribution is 7.99. The average molecular weight is 366 g/mol. The normalized spacial score (nSPS) is 16.2. The molecule has 7 heteroatoms. The molecule has 1 aliphatic carbocycles. The second kappa shape index (κ2) is 8.16. The van der Waals surface area contributed by atoms with Crippen molar-refractivity contribution in [2.45, 2.75) is 50.3 Å². The van der Waals surface area contributed by atoms with Crippen molar-refractivity contribution in [3.05, 3.63) is 33.7 Å². The number of aromatic nitrogens is 2. The number of amides is 1. The van der Waals surface area contributed by atoms with E-state index in [0.717, 1.165) is 18.5 Å². The van der Waals surface area contributed by atoms with Crippen molar-refractivity contribution >= 4 is 34.0 Å². The number of carbonyl (C=O) groups is 1. The highest BCUT2D eigenvalue weighted by Crippen LogP contribution is 2.22. The SMILES string of the molecule is CN(C(=O)CSCc1cc(=O)n2ccsc2n1)C1CCCCCC1. The molecule has 0 unspecified atom stereocenters. The molecule has 5 nitrogen and oxygen atoms in total. The van der Waals surface area contributed by atoms with Crippen molar-refractivity contribution in [1.29, 1.82) is 0 Å². The lowest BCUT2D eigenvalue weighted by Crippen LogP contribution is -2.37. The molecule has 0 N–H and O–H groups in total. The zero-order valence-electron chi connectivity index (χ0n) is 13.9. The molecule has 0 atom stereocenters. The van der Waals surface area contributed by atoms with Gasteiger partial charge in [0, 0.05) is 36.5 Å². The second-order valence-corrected chi connectivity index (χ2v) is 8.14. The zero-order valence-corrected chi connectivity index (χ0v) is 15.6. The van der Waals surface area contributed by atoms with Crippen LogP contribution >= 0.6 is 23.1 Å². The predicted octanol–water partition coefficient (Wildman–Crippen LogP) is 3.17. The number of hydrogen-bond acceptors (Lipinski definition) is 5. The van der Waals surface area contributed by atoms with E-state index in [4.69, 9.17) is 0 Å². The molecule has 0 saturated heterocycles. The van der Waals surface area contributed by atoms with Crippen molar-refractivity contribution in [2.24, 2.45) is 0 Å². The van der Waals surface area contributed by atoms with E-state index in [-0.39, 0.29) is 11.5 Å². The largest absolute Gasteiger partial charge is 0.342 e. The summed E-state index contributed by atoms with van der Waals surface area (Å²) in [4.78, 5) is 31.5. The van der Waals surface area contributed by atoms with Gasteiger partial charge in [0.05, 0.1) is 11.4 Å². The molecule has 0 bridgehead atoms. The molecule has 2 aromatic rings. The average Bonchev–Trinajstić information content (AvgIpc) is 2.88. The van der Waals surface area contributed by atoms with Gasteiger partial charge in [0.1, 0.15) is 0 Å². The van der Waals surface area contributed by atoms with Crippen LogP contribution in [0.2, 0.25) is 0 Å². The summed E-state index contributed by atoms with van der Waals surface area (Å²) < 4.78 is 1.55. The van der Waals surface area contributed by atoms with Crippen LogP contribution in [-0.4, -0.2) is 39.0 Å². The van der Waals surface area contributed by atoms with Gasteiger partial charge in [-0.1, -0.05) is 25.7 Å². The third-order valence-corrected chi connectivity index (χ3v) is 6.31. The molecule has 1 saturated carbocycles. The first-order chi connectivity index (χ1) is 11.6. The molecule has 0 spiro atoms. The van der Waals surface area contributed by atoms with E-state index in [1.54, 1.807) is 16.7 Å². The van der Waals surface area contributed by atoms with E-state index < -0.39 is 0 Å². The Labute approximate surface area is 150 Å². The fourth-order valence-electron chi connectivity index (χ4n) is 3.16. The summed E-state index contributed by atoms with van der Waals surface area (Å²) in [6.45, 7) is 0. The first kappa shape index (κ1) is 17.5. The van der Waals surface area contributed by atoms with Gasteiger partial charge in [-0.2, -0.15) is 0 Å². The van der Waals surface area contributed by atoms with Crippen molar-refractivity contribution in [3.8, 4) is 0 Å². The van der Waals surface area contributed by atoms with E-state index in [0.29, 0.717) is 22.5 Å². The summed E-state index contributed by atoms with van der Waals surface area (Å²) in [6.07, 6.45) is 9.02. The lowest BCUT2D eigenvalue weighted by molar-refractivity contribution is -0.129. The second-order valence-electron chi connectivity index (χ2n) is 6.28. The topological polar surface area (TPSA) is 54.7 Å². The third kappa shape index (κ3) is 4.19. The summed E-state index contributed by atoms with van der Waals surface area (Å²) in [5, 5.41) is 1.85. The highest BCUT2D eigenvalue weighted by Gasteiger charge is 2.20. The quantitative estimate of drug-likeness (QED) is 0.764. The molecule has 1 aliphatic rings. The molecule has 130 valence electrons. The number of carbonyl (C=O) groups excluding carboxylic acids is 1. The van der Waals surface area contributed by atoms with E-state index in [2.05, 4.69) is 4.98 Å². The Morgan fingerprint density at radius 3 is 2.88 bits per heavy atom. The van der Waals surface area contributed by atoms with Gasteiger partial charge < -0.3 is 4.90 Å². The van der Waals surface area contributed by atoms with E-state index in [1.165, 1.54) is 48.8 Å². The van der Waals surface area contributed by atoms with Crippen LogP contribution in [0.15, 0.2) is 22.4 Å². The lowest BCUT2D eigenvalue weighted by atomic mass is 10.1. The monoisotopic (exact) mass is 365 g/mol. The summed E-state index contributed by atoms with van der Waals surface area (Å²) in [5.41, 5.74) is 0.691. The van der Waals surface area contributed by atoms with Gasteiger partial charge in [-0.25, -0.2) is 4.98 Å². The van der Waals surface area contributed by atoms with Gasteiger partial charge in [-0.15, -0.1) is 23.1 Å². The molecule has 0 aromatic carbocycles. The third-order valence-electron chi connectivity index (χ3n) is 4.60.